The van der Waals surface area contributed by atoms with E-state index in [2.05, 4.69) is 10.8 Å². The largest absolute Gasteiger partial charge is 0.494 e. The van der Waals surface area contributed by atoms with Crippen molar-refractivity contribution < 1.29 is 17.9 Å². The first-order valence-electron chi connectivity index (χ1n) is 9.58. The zero-order valence-electron chi connectivity index (χ0n) is 16.2. The fraction of sp³-hybridized carbons (Fsp3) is 0.550. The molecule has 0 fully saturated rings. The summed E-state index contributed by atoms with van der Waals surface area (Å²) in [7, 11) is -3.60. The van der Waals surface area contributed by atoms with Crippen molar-refractivity contribution in [1.82, 2.24) is 9.62 Å². The molecule has 2 rings (SSSR count). The summed E-state index contributed by atoms with van der Waals surface area (Å²) in [5.74, 6) is 0.600. The number of allylic oxidation sites excluding steroid dienone is 1. The maximum atomic E-state index is 12.4. The minimum atomic E-state index is -3.60. The van der Waals surface area contributed by atoms with Crippen LogP contribution in [0.4, 0.5) is 0 Å². The molecule has 0 unspecified atom stereocenters. The molecule has 27 heavy (non-hydrogen) atoms. The summed E-state index contributed by atoms with van der Waals surface area (Å²) >= 11 is 0. The topological polar surface area (TPSA) is 75.7 Å². The molecule has 0 saturated carbocycles. The molecule has 6 nitrogen and oxygen atoms in total. The number of amides is 1. The van der Waals surface area contributed by atoms with Crippen LogP contribution in [0.3, 0.4) is 0 Å². The molecule has 0 atom stereocenters. The van der Waals surface area contributed by atoms with E-state index in [4.69, 9.17) is 4.74 Å². The Labute approximate surface area is 162 Å². The molecular formula is C20H30N2O4S. The number of nitrogens with zero attached hydrogens (tertiary/aromatic N) is 1. The lowest BCUT2D eigenvalue weighted by molar-refractivity contribution is -0.128. The van der Waals surface area contributed by atoms with Gasteiger partial charge in [-0.2, -0.15) is 0 Å². The second-order valence-corrected chi connectivity index (χ2v) is 8.43. The fourth-order valence-corrected chi connectivity index (χ4v) is 4.14. The second-order valence-electron chi connectivity index (χ2n) is 6.67. The van der Waals surface area contributed by atoms with Crippen molar-refractivity contribution in [2.24, 2.45) is 0 Å². The highest BCUT2D eigenvalue weighted by atomic mass is 32.2. The molecule has 0 saturated heterocycles. The van der Waals surface area contributed by atoms with E-state index in [1.165, 1.54) is 37.5 Å². The van der Waals surface area contributed by atoms with E-state index in [0.29, 0.717) is 25.4 Å². The molecule has 0 radical (unpaired) electrons. The lowest BCUT2D eigenvalue weighted by Gasteiger charge is -2.23. The minimum absolute atomic E-state index is 0.0355. The smallest absolute Gasteiger partial charge is 0.240 e. The van der Waals surface area contributed by atoms with Gasteiger partial charge in [-0.25, -0.2) is 13.1 Å². The zero-order valence-corrected chi connectivity index (χ0v) is 17.1. The van der Waals surface area contributed by atoms with Crippen LogP contribution in [0.1, 0.15) is 46.0 Å². The lowest BCUT2D eigenvalue weighted by atomic mass is 9.97. The first-order chi connectivity index (χ1) is 12.9. The number of benzene rings is 1. The van der Waals surface area contributed by atoms with E-state index in [0.717, 1.165) is 19.3 Å². The van der Waals surface area contributed by atoms with E-state index in [-0.39, 0.29) is 17.3 Å². The molecule has 7 heteroatoms. The van der Waals surface area contributed by atoms with Crippen LogP contribution in [0.2, 0.25) is 0 Å². The van der Waals surface area contributed by atoms with Crippen molar-refractivity contribution in [3.63, 3.8) is 0 Å². The molecule has 0 heterocycles. The quantitative estimate of drug-likeness (QED) is 0.619. The monoisotopic (exact) mass is 394 g/mol. The highest BCUT2D eigenvalue weighted by Gasteiger charge is 2.16. The SMILES string of the molecule is CCOc1ccc(S(=O)(=O)NCCN(CCC2=CCCCC2)C(C)=O)cc1. The lowest BCUT2D eigenvalue weighted by Crippen LogP contribution is -2.38. The number of hydrogen-bond donors (Lipinski definition) is 1. The first-order valence-corrected chi connectivity index (χ1v) is 11.1. The Morgan fingerprint density at radius 2 is 1.93 bits per heavy atom. The average molecular weight is 395 g/mol. The van der Waals surface area contributed by atoms with Gasteiger partial charge in [0.1, 0.15) is 5.75 Å². The average Bonchev–Trinajstić information content (AvgIpc) is 2.65. The molecule has 150 valence electrons. The van der Waals surface area contributed by atoms with Crippen LogP contribution >= 0.6 is 0 Å². The van der Waals surface area contributed by atoms with E-state index < -0.39 is 10.0 Å². The van der Waals surface area contributed by atoms with Gasteiger partial charge in [0, 0.05) is 26.6 Å². The highest BCUT2D eigenvalue weighted by Crippen LogP contribution is 2.20. The summed E-state index contributed by atoms with van der Waals surface area (Å²) in [6.45, 7) is 5.11. The molecule has 1 aliphatic rings. The van der Waals surface area contributed by atoms with E-state index in [1.54, 1.807) is 17.0 Å². The molecule has 0 aliphatic heterocycles. The van der Waals surface area contributed by atoms with Crippen LogP contribution in [0, 0.1) is 0 Å². The van der Waals surface area contributed by atoms with Gasteiger partial charge in [0.15, 0.2) is 0 Å². The Bertz CT molecular complexity index is 742. The van der Waals surface area contributed by atoms with Gasteiger partial charge in [0.05, 0.1) is 11.5 Å². The third kappa shape index (κ3) is 6.99. The summed E-state index contributed by atoms with van der Waals surface area (Å²) < 4.78 is 32.7. The van der Waals surface area contributed by atoms with Gasteiger partial charge in [-0.1, -0.05) is 11.6 Å². The van der Waals surface area contributed by atoms with Gasteiger partial charge in [-0.3, -0.25) is 4.79 Å². The maximum Gasteiger partial charge on any atom is 0.240 e. The van der Waals surface area contributed by atoms with Gasteiger partial charge in [0.2, 0.25) is 15.9 Å². The van der Waals surface area contributed by atoms with Crippen molar-refractivity contribution in [2.45, 2.75) is 50.8 Å². The van der Waals surface area contributed by atoms with E-state index in [1.807, 2.05) is 6.92 Å². The van der Waals surface area contributed by atoms with Crippen LogP contribution in [-0.4, -0.2) is 45.5 Å². The number of hydrogen-bond acceptors (Lipinski definition) is 4. The first kappa shape index (κ1) is 21.4. The summed E-state index contributed by atoms with van der Waals surface area (Å²) in [6.07, 6.45) is 7.83. The summed E-state index contributed by atoms with van der Waals surface area (Å²) in [5.41, 5.74) is 1.41. The molecule has 1 amide bonds. The molecule has 1 aromatic rings. The van der Waals surface area contributed by atoms with Crippen LogP contribution in [0.5, 0.6) is 5.75 Å². The summed E-state index contributed by atoms with van der Waals surface area (Å²) in [4.78, 5) is 13.7. The maximum absolute atomic E-state index is 12.4. The predicted octanol–water partition coefficient (Wildman–Crippen LogP) is 3.10. The summed E-state index contributed by atoms with van der Waals surface area (Å²) in [6, 6.07) is 6.31. The standard InChI is InChI=1S/C20H30N2O4S/c1-3-26-19-9-11-20(12-10-19)27(24,25)21-14-16-22(17(2)23)15-13-18-7-5-4-6-8-18/h7,9-12,21H,3-6,8,13-16H2,1-2H3. The molecule has 1 N–H and O–H groups in total. The number of sulfonamides is 1. The third-order valence-corrected chi connectivity index (χ3v) is 6.13. The number of nitrogens with one attached hydrogen (secondary N) is 1. The molecule has 1 aromatic carbocycles. The number of rotatable bonds is 10. The van der Waals surface area contributed by atoms with Crippen molar-refractivity contribution >= 4 is 15.9 Å². The Hall–Kier alpha value is -1.86. The fourth-order valence-electron chi connectivity index (χ4n) is 3.12. The van der Waals surface area contributed by atoms with Crippen molar-refractivity contribution in [2.75, 3.05) is 26.2 Å². The normalized spacial score (nSPS) is 14.5. The van der Waals surface area contributed by atoms with Gasteiger partial charge in [0.25, 0.3) is 0 Å². The second kappa shape index (κ2) is 10.5. The third-order valence-electron chi connectivity index (χ3n) is 4.65. The van der Waals surface area contributed by atoms with E-state index >= 15 is 0 Å². The summed E-state index contributed by atoms with van der Waals surface area (Å²) in [5, 5.41) is 0. The Balaban J connectivity index is 1.85. The number of carbonyl (C=O) groups excluding carboxylic acids is 1. The highest BCUT2D eigenvalue weighted by molar-refractivity contribution is 7.89. The Morgan fingerprint density at radius 1 is 1.19 bits per heavy atom. The van der Waals surface area contributed by atoms with Gasteiger partial charge >= 0.3 is 0 Å². The predicted molar refractivity (Wildman–Crippen MR) is 106 cm³/mol. The van der Waals surface area contributed by atoms with Crippen LogP contribution in [0.25, 0.3) is 0 Å². The Morgan fingerprint density at radius 3 is 2.52 bits per heavy atom. The molecule has 0 spiro atoms. The van der Waals surface area contributed by atoms with Gasteiger partial charge < -0.3 is 9.64 Å². The molecular weight excluding hydrogens is 364 g/mol. The number of carbonyl (C=O) groups is 1. The minimum Gasteiger partial charge on any atom is -0.494 e. The molecule has 0 aromatic heterocycles. The molecule has 1 aliphatic carbocycles. The Kier molecular flexibility index (Phi) is 8.31. The number of ether oxygens (including phenoxy) is 1. The van der Waals surface area contributed by atoms with Crippen LogP contribution in [0.15, 0.2) is 40.8 Å². The van der Waals surface area contributed by atoms with Gasteiger partial charge in [-0.15, -0.1) is 0 Å². The van der Waals surface area contributed by atoms with Crippen LogP contribution < -0.4 is 9.46 Å². The van der Waals surface area contributed by atoms with Crippen molar-refractivity contribution in [3.05, 3.63) is 35.9 Å². The van der Waals surface area contributed by atoms with Crippen LogP contribution in [-0.2, 0) is 14.8 Å². The zero-order chi connectivity index (χ0) is 19.7. The van der Waals surface area contributed by atoms with Gasteiger partial charge in [-0.05, 0) is 63.3 Å². The molecule has 0 bridgehead atoms. The van der Waals surface area contributed by atoms with Crippen molar-refractivity contribution in [1.29, 1.82) is 0 Å². The van der Waals surface area contributed by atoms with Crippen molar-refractivity contribution in [3.8, 4) is 5.75 Å². The van der Waals surface area contributed by atoms with E-state index in [9.17, 15) is 13.2 Å².